The average Bonchev–Trinajstić information content (AvgIpc) is 3.01. The number of carbonyl (C=O) groups excluding carboxylic acids is 1. The number of aromatic nitrogens is 2. The molecule has 0 unspecified atom stereocenters. The summed E-state index contributed by atoms with van der Waals surface area (Å²) in [6, 6.07) is 7.41. The largest absolute Gasteiger partial charge is 0.497 e. The van der Waals surface area contributed by atoms with Crippen LogP contribution < -0.4 is 10.1 Å². The van der Waals surface area contributed by atoms with Crippen LogP contribution in [0.1, 0.15) is 39.5 Å². The Morgan fingerprint density at radius 2 is 2.00 bits per heavy atom. The van der Waals surface area contributed by atoms with Gasteiger partial charge in [-0.05, 0) is 44.5 Å². The van der Waals surface area contributed by atoms with Crippen molar-refractivity contribution in [1.82, 2.24) is 15.5 Å². The number of hydrogen-bond donors (Lipinski definition) is 1. The molecule has 0 saturated heterocycles. The molecule has 0 aliphatic heterocycles. The number of rotatable bonds is 7. The van der Waals surface area contributed by atoms with Gasteiger partial charge in [-0.3, -0.25) is 4.79 Å². The molecule has 6 nitrogen and oxygen atoms in total. The second kappa shape index (κ2) is 7.26. The van der Waals surface area contributed by atoms with Gasteiger partial charge in [0.1, 0.15) is 5.75 Å². The lowest BCUT2D eigenvalue weighted by atomic mass is 10.0. The minimum absolute atomic E-state index is 0.0129. The van der Waals surface area contributed by atoms with E-state index in [9.17, 15) is 4.79 Å². The monoisotopic (exact) mass is 317 g/mol. The lowest BCUT2D eigenvalue weighted by Crippen LogP contribution is -2.42. The number of amides is 1. The van der Waals surface area contributed by atoms with Crippen molar-refractivity contribution in [3.8, 4) is 17.1 Å². The van der Waals surface area contributed by atoms with Gasteiger partial charge >= 0.3 is 0 Å². The fourth-order valence-electron chi connectivity index (χ4n) is 1.96. The number of ether oxygens (including phenoxy) is 1. The van der Waals surface area contributed by atoms with Crippen LogP contribution in [-0.2, 0) is 11.2 Å². The van der Waals surface area contributed by atoms with Gasteiger partial charge in [0.25, 0.3) is 0 Å². The van der Waals surface area contributed by atoms with Crippen LogP contribution >= 0.6 is 0 Å². The van der Waals surface area contributed by atoms with Gasteiger partial charge < -0.3 is 14.6 Å². The maximum absolute atomic E-state index is 11.9. The normalized spacial score (nSPS) is 11.3. The van der Waals surface area contributed by atoms with Crippen molar-refractivity contribution in [2.24, 2.45) is 0 Å². The molecule has 0 saturated carbocycles. The van der Waals surface area contributed by atoms with Gasteiger partial charge in [-0.25, -0.2) is 0 Å². The molecule has 0 aliphatic rings. The average molecular weight is 317 g/mol. The number of hydrogen-bond acceptors (Lipinski definition) is 5. The van der Waals surface area contributed by atoms with Crippen molar-refractivity contribution in [2.45, 2.75) is 45.6 Å². The molecule has 124 valence electrons. The summed E-state index contributed by atoms with van der Waals surface area (Å²) in [5.74, 6) is 1.73. The molecule has 23 heavy (non-hydrogen) atoms. The first kappa shape index (κ1) is 17.0. The molecule has 0 bridgehead atoms. The van der Waals surface area contributed by atoms with Crippen LogP contribution in [0.5, 0.6) is 5.75 Å². The molecule has 0 aliphatic carbocycles. The van der Waals surface area contributed by atoms with Gasteiger partial charge in [0, 0.05) is 23.9 Å². The standard InChI is InChI=1S/C17H23N3O3/c1-5-17(2,3)19-14(21)10-11-15-18-16(20-23-15)12-6-8-13(22-4)9-7-12/h6-9H,5,10-11H2,1-4H3,(H,19,21). The van der Waals surface area contributed by atoms with Crippen LogP contribution in [0.25, 0.3) is 11.4 Å². The topological polar surface area (TPSA) is 77.2 Å². The van der Waals surface area contributed by atoms with Gasteiger partial charge in [0.2, 0.25) is 17.6 Å². The molecule has 2 rings (SSSR count). The summed E-state index contributed by atoms with van der Waals surface area (Å²) in [6.07, 6.45) is 1.63. The highest BCUT2D eigenvalue weighted by Gasteiger charge is 2.18. The van der Waals surface area contributed by atoms with E-state index >= 15 is 0 Å². The summed E-state index contributed by atoms with van der Waals surface area (Å²) in [6.45, 7) is 6.04. The van der Waals surface area contributed by atoms with Gasteiger partial charge in [-0.15, -0.1) is 0 Å². The Hall–Kier alpha value is -2.37. The van der Waals surface area contributed by atoms with E-state index in [1.807, 2.05) is 45.0 Å². The van der Waals surface area contributed by atoms with Crippen LogP contribution in [0, 0.1) is 0 Å². The maximum Gasteiger partial charge on any atom is 0.227 e. The van der Waals surface area contributed by atoms with Crippen LogP contribution in [0.3, 0.4) is 0 Å². The smallest absolute Gasteiger partial charge is 0.227 e. The molecule has 1 aromatic carbocycles. The maximum atomic E-state index is 11.9. The van der Waals surface area contributed by atoms with Crippen molar-refractivity contribution in [1.29, 1.82) is 0 Å². The first-order valence-electron chi connectivity index (χ1n) is 7.71. The Labute approximate surface area is 136 Å². The highest BCUT2D eigenvalue weighted by atomic mass is 16.5. The van der Waals surface area contributed by atoms with Gasteiger partial charge in [0.15, 0.2) is 0 Å². The van der Waals surface area contributed by atoms with E-state index in [2.05, 4.69) is 15.5 Å². The first-order chi connectivity index (χ1) is 10.9. The molecule has 1 heterocycles. The van der Waals surface area contributed by atoms with Crippen LogP contribution in [0.15, 0.2) is 28.8 Å². The highest BCUT2D eigenvalue weighted by molar-refractivity contribution is 5.76. The van der Waals surface area contributed by atoms with Crippen molar-refractivity contribution in [3.05, 3.63) is 30.2 Å². The van der Waals surface area contributed by atoms with E-state index in [0.717, 1.165) is 17.7 Å². The predicted molar refractivity (Wildman–Crippen MR) is 87.1 cm³/mol. The Bertz CT molecular complexity index is 647. The number of carbonyl (C=O) groups is 1. The van der Waals surface area contributed by atoms with Gasteiger partial charge in [0.05, 0.1) is 7.11 Å². The van der Waals surface area contributed by atoms with E-state index in [0.29, 0.717) is 24.6 Å². The summed E-state index contributed by atoms with van der Waals surface area (Å²) in [4.78, 5) is 16.2. The molecule has 0 fully saturated rings. The molecule has 1 aromatic heterocycles. The minimum atomic E-state index is -0.194. The van der Waals surface area contributed by atoms with Crippen LogP contribution in [0.4, 0.5) is 0 Å². The lowest BCUT2D eigenvalue weighted by molar-refractivity contribution is -0.122. The summed E-state index contributed by atoms with van der Waals surface area (Å²) in [5, 5.41) is 6.94. The molecule has 1 amide bonds. The van der Waals surface area contributed by atoms with E-state index in [4.69, 9.17) is 9.26 Å². The summed E-state index contributed by atoms with van der Waals surface area (Å²) < 4.78 is 10.3. The second-order valence-electron chi connectivity index (χ2n) is 6.03. The van der Waals surface area contributed by atoms with Crippen LogP contribution in [0.2, 0.25) is 0 Å². The Morgan fingerprint density at radius 3 is 2.61 bits per heavy atom. The number of aryl methyl sites for hydroxylation is 1. The molecule has 0 spiro atoms. The van der Waals surface area contributed by atoms with Crippen molar-refractivity contribution >= 4 is 5.91 Å². The van der Waals surface area contributed by atoms with Crippen molar-refractivity contribution in [2.75, 3.05) is 7.11 Å². The Morgan fingerprint density at radius 1 is 1.30 bits per heavy atom. The SMILES string of the molecule is CCC(C)(C)NC(=O)CCc1nc(-c2ccc(OC)cc2)no1. The number of methoxy groups -OCH3 is 1. The molecule has 0 atom stereocenters. The predicted octanol–water partition coefficient (Wildman–Crippen LogP) is 2.98. The Balaban J connectivity index is 1.93. The molecule has 2 aromatic rings. The number of nitrogens with zero attached hydrogens (tertiary/aromatic N) is 2. The zero-order chi connectivity index (χ0) is 16.9. The van der Waals surface area contributed by atoms with Crippen LogP contribution in [-0.4, -0.2) is 28.7 Å². The van der Waals surface area contributed by atoms with E-state index in [-0.39, 0.29) is 11.4 Å². The minimum Gasteiger partial charge on any atom is -0.497 e. The third kappa shape index (κ3) is 4.81. The molecular formula is C17H23N3O3. The zero-order valence-corrected chi connectivity index (χ0v) is 14.0. The Kier molecular flexibility index (Phi) is 5.36. The van der Waals surface area contributed by atoms with E-state index < -0.39 is 0 Å². The molecule has 0 radical (unpaired) electrons. The summed E-state index contributed by atoms with van der Waals surface area (Å²) in [5.41, 5.74) is 0.651. The van der Waals surface area contributed by atoms with E-state index in [1.54, 1.807) is 7.11 Å². The second-order valence-corrected chi connectivity index (χ2v) is 6.03. The molecule has 1 N–H and O–H groups in total. The number of nitrogens with one attached hydrogen (secondary N) is 1. The zero-order valence-electron chi connectivity index (χ0n) is 14.0. The van der Waals surface area contributed by atoms with Gasteiger partial charge in [-0.1, -0.05) is 12.1 Å². The highest BCUT2D eigenvalue weighted by Crippen LogP contribution is 2.20. The number of benzene rings is 1. The van der Waals surface area contributed by atoms with Crippen molar-refractivity contribution < 1.29 is 14.1 Å². The fourth-order valence-corrected chi connectivity index (χ4v) is 1.96. The lowest BCUT2D eigenvalue weighted by Gasteiger charge is -2.24. The summed E-state index contributed by atoms with van der Waals surface area (Å²) in [7, 11) is 1.62. The van der Waals surface area contributed by atoms with Crippen molar-refractivity contribution in [3.63, 3.8) is 0 Å². The fraction of sp³-hybridized carbons (Fsp3) is 0.471. The first-order valence-corrected chi connectivity index (χ1v) is 7.71. The third-order valence-electron chi connectivity index (χ3n) is 3.74. The third-order valence-corrected chi connectivity index (χ3v) is 3.74. The molecular weight excluding hydrogens is 294 g/mol. The molecule has 6 heteroatoms. The quantitative estimate of drug-likeness (QED) is 0.849. The van der Waals surface area contributed by atoms with Gasteiger partial charge in [-0.2, -0.15) is 4.98 Å². The van der Waals surface area contributed by atoms with E-state index in [1.165, 1.54) is 0 Å². The summed E-state index contributed by atoms with van der Waals surface area (Å²) >= 11 is 0.